The molecule has 0 aliphatic carbocycles. The lowest BCUT2D eigenvalue weighted by Gasteiger charge is -2.27. The van der Waals surface area contributed by atoms with Gasteiger partial charge < -0.3 is 5.32 Å². The van der Waals surface area contributed by atoms with Crippen molar-refractivity contribution in [1.82, 2.24) is 0 Å². The molecule has 0 aromatic heterocycles. The predicted molar refractivity (Wildman–Crippen MR) is 91.7 cm³/mol. The second-order valence-corrected chi connectivity index (χ2v) is 11.6. The summed E-state index contributed by atoms with van der Waals surface area (Å²) in [7, 11) is -2.36. The molecule has 0 bridgehead atoms. The Kier molecular flexibility index (Phi) is 3.81. The molecule has 4 heteroatoms. The number of benzene rings is 1. The summed E-state index contributed by atoms with van der Waals surface area (Å²) >= 11 is 0. The van der Waals surface area contributed by atoms with Crippen molar-refractivity contribution in [3.8, 4) is 0 Å². The lowest BCUT2D eigenvalue weighted by atomic mass is 9.87. The van der Waals surface area contributed by atoms with Gasteiger partial charge in [0.15, 0.2) is 0 Å². The van der Waals surface area contributed by atoms with E-state index >= 15 is 0 Å². The average Bonchev–Trinajstić information content (AvgIpc) is 2.98. The molecule has 1 aliphatic rings. The highest BCUT2D eigenvalue weighted by Gasteiger charge is 2.55. The fourth-order valence-corrected chi connectivity index (χ4v) is 5.74. The monoisotopic (exact) mass is 309 g/mol. The van der Waals surface area contributed by atoms with Gasteiger partial charge in [0, 0.05) is 16.7 Å². The molecular weight excluding hydrogens is 282 g/mol. The summed E-state index contributed by atoms with van der Waals surface area (Å²) in [6.45, 7) is 12.0. The van der Waals surface area contributed by atoms with Crippen LogP contribution in [0, 0.1) is 0 Å². The van der Waals surface area contributed by atoms with E-state index in [4.69, 9.17) is 0 Å². The molecule has 3 nitrogen and oxygen atoms in total. The zero-order valence-corrected chi connectivity index (χ0v) is 14.8. The Bertz CT molecular complexity index is 613. The molecule has 1 fully saturated rings. The van der Waals surface area contributed by atoms with Crippen molar-refractivity contribution < 1.29 is 9.00 Å². The van der Waals surface area contributed by atoms with Gasteiger partial charge in [-0.05, 0) is 37.0 Å². The van der Waals surface area contributed by atoms with E-state index in [1.54, 1.807) is 13.8 Å². The number of amides is 1. The normalized spacial score (nSPS) is 22.5. The molecule has 0 radical (unpaired) electrons. The van der Waals surface area contributed by atoms with Crippen LogP contribution in [0.25, 0.3) is 0 Å². The first kappa shape index (κ1) is 16.2. The van der Waals surface area contributed by atoms with Crippen LogP contribution in [0.15, 0.2) is 24.3 Å². The number of hydrogen-bond acceptors (Lipinski definition) is 2. The highest BCUT2D eigenvalue weighted by Crippen LogP contribution is 2.43. The first-order valence-electron chi connectivity index (χ1n) is 7.49. The smallest absolute Gasteiger partial charge is 0.240 e. The topological polar surface area (TPSA) is 46.2 Å². The van der Waals surface area contributed by atoms with Crippen LogP contribution in [0.2, 0.25) is 0 Å². The van der Waals surface area contributed by atoms with Gasteiger partial charge in [-0.25, -0.2) is 0 Å². The number of rotatable bonds is 3. The van der Waals surface area contributed by atoms with Gasteiger partial charge in [0.25, 0.3) is 0 Å². The quantitative estimate of drug-likeness (QED) is 0.665. The minimum atomic E-state index is -2.36. The van der Waals surface area contributed by atoms with Crippen molar-refractivity contribution in [2.24, 2.45) is 0 Å². The zero-order chi connectivity index (χ0) is 16.1. The van der Waals surface area contributed by atoms with Crippen LogP contribution in [0.5, 0.6) is 0 Å². The van der Waals surface area contributed by atoms with Crippen LogP contribution in [0.1, 0.15) is 47.1 Å². The molecule has 1 heterocycles. The number of thiol groups is 1. The van der Waals surface area contributed by atoms with Crippen LogP contribution in [0.3, 0.4) is 0 Å². The van der Waals surface area contributed by atoms with Gasteiger partial charge >= 0.3 is 0 Å². The molecule has 1 aromatic rings. The Morgan fingerprint density at radius 2 is 1.81 bits per heavy atom. The highest BCUT2D eigenvalue weighted by molar-refractivity contribution is 8.12. The van der Waals surface area contributed by atoms with Gasteiger partial charge in [-0.15, -0.1) is 0 Å². The summed E-state index contributed by atoms with van der Waals surface area (Å²) in [6.07, 6.45) is 0. The van der Waals surface area contributed by atoms with E-state index in [0.717, 1.165) is 5.69 Å². The summed E-state index contributed by atoms with van der Waals surface area (Å²) in [5.74, 6) is 0.552. The molecule has 1 aromatic carbocycles. The van der Waals surface area contributed by atoms with Gasteiger partial charge in [-0.3, -0.25) is 9.00 Å². The van der Waals surface area contributed by atoms with Crippen molar-refractivity contribution in [2.75, 3.05) is 11.1 Å². The second kappa shape index (κ2) is 4.94. The molecule has 1 saturated heterocycles. The summed E-state index contributed by atoms with van der Waals surface area (Å²) in [5.41, 5.74) is 1.99. The third-order valence-electron chi connectivity index (χ3n) is 4.60. The van der Waals surface area contributed by atoms with Gasteiger partial charge in [-0.2, -0.15) is 0 Å². The number of anilines is 1. The van der Waals surface area contributed by atoms with Crippen molar-refractivity contribution in [1.29, 1.82) is 0 Å². The van der Waals surface area contributed by atoms with Crippen molar-refractivity contribution in [3.63, 3.8) is 0 Å². The molecular formula is C17H27NO2S. The largest absolute Gasteiger partial charge is 0.325 e. The predicted octanol–water partition coefficient (Wildman–Crippen LogP) is 3.12. The van der Waals surface area contributed by atoms with Gasteiger partial charge in [0.1, 0.15) is 0 Å². The number of carbonyl (C=O) groups is 1. The molecule has 1 aliphatic heterocycles. The molecule has 1 N–H and O–H groups in total. The standard InChI is InChI=1S/C17H27NO2S/c1-12-11-21(12,20)17(5,6)15(19)18-14-9-7-8-13(10-14)16(2,3)4/h7-10,12,21H,11H2,1-6H3,(H,18,19). The maximum atomic E-state index is 12.7. The van der Waals surface area contributed by atoms with Crippen molar-refractivity contribution in [2.45, 2.75) is 57.0 Å². The van der Waals surface area contributed by atoms with Crippen LogP contribution in [-0.2, 0) is 20.1 Å². The molecule has 1 unspecified atom stereocenters. The Morgan fingerprint density at radius 3 is 2.29 bits per heavy atom. The molecule has 2 rings (SSSR count). The number of hydrogen-bond donors (Lipinski definition) is 2. The van der Waals surface area contributed by atoms with E-state index in [2.05, 4.69) is 32.2 Å². The Morgan fingerprint density at radius 1 is 1.24 bits per heavy atom. The molecule has 1 amide bonds. The fourth-order valence-electron chi connectivity index (χ4n) is 2.64. The van der Waals surface area contributed by atoms with E-state index in [1.807, 2.05) is 25.1 Å². The minimum Gasteiger partial charge on any atom is -0.325 e. The molecule has 0 spiro atoms. The SMILES string of the molecule is CC1C[SH]1(=O)C(C)(C)C(=O)Nc1cccc(C(C)(C)C)c1. The van der Waals surface area contributed by atoms with E-state index in [1.165, 1.54) is 5.56 Å². The Labute approximate surface area is 128 Å². The molecule has 1 atom stereocenters. The lowest BCUT2D eigenvalue weighted by Crippen LogP contribution is -2.43. The summed E-state index contributed by atoms with van der Waals surface area (Å²) in [6, 6.07) is 7.90. The van der Waals surface area contributed by atoms with Crippen LogP contribution < -0.4 is 5.32 Å². The maximum absolute atomic E-state index is 12.7. The third-order valence-corrected chi connectivity index (χ3v) is 8.93. The van der Waals surface area contributed by atoms with Crippen molar-refractivity contribution in [3.05, 3.63) is 29.8 Å². The van der Waals surface area contributed by atoms with E-state index in [9.17, 15) is 9.00 Å². The summed E-state index contributed by atoms with van der Waals surface area (Å²) in [5, 5.41) is 3.13. The maximum Gasteiger partial charge on any atom is 0.240 e. The van der Waals surface area contributed by atoms with Gasteiger partial charge in [0.05, 0.1) is 4.75 Å². The third kappa shape index (κ3) is 2.91. The van der Waals surface area contributed by atoms with Crippen LogP contribution >= 0.6 is 0 Å². The molecule has 0 saturated carbocycles. The number of carbonyl (C=O) groups excluding carboxylic acids is 1. The molecule has 21 heavy (non-hydrogen) atoms. The zero-order valence-electron chi connectivity index (χ0n) is 13.9. The Balaban J connectivity index is 2.19. The van der Waals surface area contributed by atoms with E-state index < -0.39 is 14.7 Å². The second-order valence-electron chi connectivity index (χ2n) is 7.67. The Hall–Kier alpha value is -1.16. The first-order chi connectivity index (χ1) is 9.48. The lowest BCUT2D eigenvalue weighted by molar-refractivity contribution is -0.117. The summed E-state index contributed by atoms with van der Waals surface area (Å²) in [4.78, 5) is 12.5. The van der Waals surface area contributed by atoms with Crippen molar-refractivity contribution >= 4 is 21.5 Å². The molecule has 118 valence electrons. The average molecular weight is 309 g/mol. The number of nitrogens with one attached hydrogen (secondary N) is 1. The minimum absolute atomic E-state index is 0.0357. The van der Waals surface area contributed by atoms with E-state index in [-0.39, 0.29) is 16.6 Å². The summed E-state index contributed by atoms with van der Waals surface area (Å²) < 4.78 is 11.9. The highest BCUT2D eigenvalue weighted by atomic mass is 32.3. The van der Waals surface area contributed by atoms with Gasteiger partial charge in [-0.1, -0.05) is 49.8 Å². The van der Waals surface area contributed by atoms with Crippen LogP contribution in [0.4, 0.5) is 5.69 Å². The first-order valence-corrected chi connectivity index (χ1v) is 9.45. The van der Waals surface area contributed by atoms with Gasteiger partial charge in [0.2, 0.25) is 5.91 Å². The fraction of sp³-hybridized carbons (Fsp3) is 0.588. The van der Waals surface area contributed by atoms with Crippen LogP contribution in [-0.4, -0.2) is 25.9 Å². The van der Waals surface area contributed by atoms with E-state index in [0.29, 0.717) is 5.75 Å².